The molecule has 0 fully saturated rings. The highest BCUT2D eigenvalue weighted by Crippen LogP contribution is 2.07. The molecular formula is C13H19NO2. The van der Waals surface area contributed by atoms with Crippen molar-refractivity contribution in [1.82, 2.24) is 5.32 Å². The van der Waals surface area contributed by atoms with E-state index in [0.29, 0.717) is 0 Å². The van der Waals surface area contributed by atoms with Gasteiger partial charge in [0.05, 0.1) is 0 Å². The van der Waals surface area contributed by atoms with Gasteiger partial charge >= 0.3 is 5.97 Å². The predicted octanol–water partition coefficient (Wildman–Crippen LogP) is 2.20. The molecule has 0 aromatic heterocycles. The Balaban J connectivity index is 2.30. The number of benzene rings is 1. The third-order valence-electron chi connectivity index (χ3n) is 2.59. The van der Waals surface area contributed by atoms with Crippen LogP contribution in [0.3, 0.4) is 0 Å². The first kappa shape index (κ1) is 12.7. The highest BCUT2D eigenvalue weighted by molar-refractivity contribution is 5.66. The van der Waals surface area contributed by atoms with E-state index in [2.05, 4.69) is 24.4 Å². The third-order valence-corrected chi connectivity index (χ3v) is 2.59. The van der Waals surface area contributed by atoms with Gasteiger partial charge in [-0.15, -0.1) is 0 Å². The molecular weight excluding hydrogens is 202 g/mol. The zero-order chi connectivity index (χ0) is 12.0. The van der Waals surface area contributed by atoms with Crippen molar-refractivity contribution in [2.24, 2.45) is 5.92 Å². The predicted molar refractivity (Wildman–Crippen MR) is 64.3 cm³/mol. The molecule has 0 heterocycles. The van der Waals surface area contributed by atoms with Crippen LogP contribution in [0.1, 0.15) is 24.5 Å². The van der Waals surface area contributed by atoms with Crippen LogP contribution in [-0.4, -0.2) is 17.6 Å². The molecule has 1 rings (SSSR count). The lowest BCUT2D eigenvalue weighted by Crippen LogP contribution is -2.22. The molecule has 0 aliphatic heterocycles. The van der Waals surface area contributed by atoms with Crippen LogP contribution in [-0.2, 0) is 11.3 Å². The van der Waals surface area contributed by atoms with Crippen molar-refractivity contribution in [3.8, 4) is 0 Å². The van der Waals surface area contributed by atoms with E-state index in [-0.39, 0.29) is 12.3 Å². The number of carboxylic acids is 1. The average molecular weight is 221 g/mol. The summed E-state index contributed by atoms with van der Waals surface area (Å²) in [5.41, 5.74) is 2.53. The van der Waals surface area contributed by atoms with Crippen molar-refractivity contribution in [1.29, 1.82) is 0 Å². The summed E-state index contributed by atoms with van der Waals surface area (Å²) in [6, 6.07) is 8.21. The van der Waals surface area contributed by atoms with Crippen LogP contribution in [0.5, 0.6) is 0 Å². The van der Waals surface area contributed by atoms with Gasteiger partial charge in [-0.25, -0.2) is 0 Å². The van der Waals surface area contributed by atoms with E-state index in [1.165, 1.54) is 11.1 Å². The van der Waals surface area contributed by atoms with Gasteiger partial charge in [0.15, 0.2) is 0 Å². The van der Waals surface area contributed by atoms with E-state index in [9.17, 15) is 4.79 Å². The molecule has 3 heteroatoms. The summed E-state index contributed by atoms with van der Waals surface area (Å²) < 4.78 is 0. The maximum Gasteiger partial charge on any atom is 0.303 e. The van der Waals surface area contributed by atoms with Gasteiger partial charge in [0.2, 0.25) is 0 Å². The molecule has 16 heavy (non-hydrogen) atoms. The van der Waals surface area contributed by atoms with Crippen LogP contribution >= 0.6 is 0 Å². The molecule has 0 aliphatic rings. The number of nitrogens with one attached hydrogen (secondary N) is 1. The largest absolute Gasteiger partial charge is 0.481 e. The van der Waals surface area contributed by atoms with Crippen molar-refractivity contribution in [2.75, 3.05) is 6.54 Å². The monoisotopic (exact) mass is 221 g/mol. The lowest BCUT2D eigenvalue weighted by atomic mass is 10.1. The van der Waals surface area contributed by atoms with Crippen LogP contribution in [0, 0.1) is 12.8 Å². The van der Waals surface area contributed by atoms with E-state index in [1.54, 1.807) is 0 Å². The highest BCUT2D eigenvalue weighted by atomic mass is 16.4. The number of aliphatic carboxylic acids is 1. The first-order valence-corrected chi connectivity index (χ1v) is 5.56. The van der Waals surface area contributed by atoms with Gasteiger partial charge in [0.1, 0.15) is 0 Å². The van der Waals surface area contributed by atoms with Gasteiger partial charge in [0.25, 0.3) is 0 Å². The SMILES string of the molecule is Cc1ccccc1CNCC(C)CC(=O)O. The van der Waals surface area contributed by atoms with E-state index in [4.69, 9.17) is 5.11 Å². The normalized spacial score (nSPS) is 12.4. The lowest BCUT2D eigenvalue weighted by molar-refractivity contribution is -0.137. The molecule has 0 amide bonds. The maximum atomic E-state index is 10.5. The number of hydrogen-bond acceptors (Lipinski definition) is 2. The van der Waals surface area contributed by atoms with Gasteiger partial charge in [-0.05, 0) is 30.5 Å². The van der Waals surface area contributed by atoms with E-state index < -0.39 is 5.97 Å². The molecule has 0 saturated heterocycles. The molecule has 88 valence electrons. The minimum Gasteiger partial charge on any atom is -0.481 e. The third kappa shape index (κ3) is 4.45. The molecule has 0 spiro atoms. The zero-order valence-electron chi connectivity index (χ0n) is 9.86. The van der Waals surface area contributed by atoms with E-state index in [1.807, 2.05) is 19.1 Å². The number of rotatable bonds is 6. The van der Waals surface area contributed by atoms with Crippen molar-refractivity contribution in [2.45, 2.75) is 26.8 Å². The molecule has 0 saturated carbocycles. The first-order valence-electron chi connectivity index (χ1n) is 5.56. The van der Waals surface area contributed by atoms with Gasteiger partial charge in [-0.1, -0.05) is 31.2 Å². The van der Waals surface area contributed by atoms with Gasteiger partial charge in [-0.3, -0.25) is 4.79 Å². The molecule has 0 aliphatic carbocycles. The lowest BCUT2D eigenvalue weighted by Gasteiger charge is -2.11. The Morgan fingerprint density at radius 2 is 2.12 bits per heavy atom. The van der Waals surface area contributed by atoms with Gasteiger partial charge < -0.3 is 10.4 Å². The number of carbonyl (C=O) groups is 1. The minimum atomic E-state index is -0.731. The standard InChI is InChI=1S/C13H19NO2/c1-10(7-13(15)16)8-14-9-12-6-4-3-5-11(12)2/h3-6,10,14H,7-9H2,1-2H3,(H,15,16). The van der Waals surface area contributed by atoms with Crippen LogP contribution in [0.15, 0.2) is 24.3 Å². The minimum absolute atomic E-state index is 0.168. The van der Waals surface area contributed by atoms with Gasteiger partial charge in [0, 0.05) is 13.0 Å². The summed E-state index contributed by atoms with van der Waals surface area (Å²) in [6.07, 6.45) is 0.223. The topological polar surface area (TPSA) is 49.3 Å². The van der Waals surface area contributed by atoms with E-state index in [0.717, 1.165) is 13.1 Å². The van der Waals surface area contributed by atoms with Gasteiger partial charge in [-0.2, -0.15) is 0 Å². The fraction of sp³-hybridized carbons (Fsp3) is 0.462. The fourth-order valence-electron chi connectivity index (χ4n) is 1.63. The smallest absolute Gasteiger partial charge is 0.303 e. The quantitative estimate of drug-likeness (QED) is 0.774. The van der Waals surface area contributed by atoms with Crippen molar-refractivity contribution in [3.63, 3.8) is 0 Å². The average Bonchev–Trinajstić information content (AvgIpc) is 2.19. The summed E-state index contributed by atoms with van der Waals surface area (Å²) in [6.45, 7) is 5.56. The Morgan fingerprint density at radius 3 is 2.75 bits per heavy atom. The summed E-state index contributed by atoms with van der Waals surface area (Å²) in [7, 11) is 0. The second-order valence-corrected chi connectivity index (χ2v) is 4.26. The fourth-order valence-corrected chi connectivity index (χ4v) is 1.63. The number of aryl methyl sites for hydroxylation is 1. The second-order valence-electron chi connectivity index (χ2n) is 4.26. The Hall–Kier alpha value is -1.35. The van der Waals surface area contributed by atoms with Crippen molar-refractivity contribution >= 4 is 5.97 Å². The van der Waals surface area contributed by atoms with Crippen LogP contribution in [0.25, 0.3) is 0 Å². The Morgan fingerprint density at radius 1 is 1.44 bits per heavy atom. The summed E-state index contributed by atoms with van der Waals surface area (Å²) in [5, 5.41) is 11.9. The molecule has 2 N–H and O–H groups in total. The van der Waals surface area contributed by atoms with Crippen LogP contribution in [0.2, 0.25) is 0 Å². The molecule has 3 nitrogen and oxygen atoms in total. The number of carboxylic acid groups (broad SMARTS) is 1. The van der Waals surface area contributed by atoms with Crippen LogP contribution in [0.4, 0.5) is 0 Å². The van der Waals surface area contributed by atoms with E-state index >= 15 is 0 Å². The van der Waals surface area contributed by atoms with Crippen molar-refractivity contribution in [3.05, 3.63) is 35.4 Å². The molecule has 1 unspecified atom stereocenters. The second kappa shape index (κ2) is 6.28. The zero-order valence-corrected chi connectivity index (χ0v) is 9.86. The first-order chi connectivity index (χ1) is 7.59. The number of hydrogen-bond donors (Lipinski definition) is 2. The highest BCUT2D eigenvalue weighted by Gasteiger charge is 2.06. The summed E-state index contributed by atoms with van der Waals surface area (Å²) in [4.78, 5) is 10.5. The molecule has 1 aromatic rings. The molecule has 1 aromatic carbocycles. The maximum absolute atomic E-state index is 10.5. The molecule has 0 bridgehead atoms. The Labute approximate surface area is 96.5 Å². The van der Waals surface area contributed by atoms with Crippen LogP contribution < -0.4 is 5.32 Å². The summed E-state index contributed by atoms with van der Waals surface area (Å²) in [5.74, 6) is -0.563. The Kier molecular flexibility index (Phi) is 4.99. The molecule has 0 radical (unpaired) electrons. The molecule has 1 atom stereocenters. The Bertz CT molecular complexity index is 350. The van der Waals surface area contributed by atoms with Crippen molar-refractivity contribution < 1.29 is 9.90 Å². The summed E-state index contributed by atoms with van der Waals surface area (Å²) >= 11 is 0.